The van der Waals surface area contributed by atoms with Crippen molar-refractivity contribution in [1.29, 1.82) is 0 Å². The third-order valence-corrected chi connectivity index (χ3v) is 4.55. The van der Waals surface area contributed by atoms with Gasteiger partial charge in [-0.05, 0) is 32.2 Å². The minimum Gasteiger partial charge on any atom is -0.481 e. The summed E-state index contributed by atoms with van der Waals surface area (Å²) in [5.41, 5.74) is -0.574. The molecule has 2 fully saturated rings. The van der Waals surface area contributed by atoms with Gasteiger partial charge in [-0.25, -0.2) is 0 Å². The number of carbonyl (C=O) groups excluding carboxylic acids is 1. The molecule has 6 nitrogen and oxygen atoms in total. The monoisotopic (exact) mass is 298 g/mol. The van der Waals surface area contributed by atoms with Crippen LogP contribution in [0.5, 0.6) is 0 Å². The van der Waals surface area contributed by atoms with Crippen LogP contribution < -0.4 is 5.32 Å². The number of nitrogens with zero attached hydrogens (tertiary/aromatic N) is 1. The second kappa shape index (κ2) is 7.22. The van der Waals surface area contributed by atoms with Crippen LogP contribution in [0.25, 0.3) is 0 Å². The first-order chi connectivity index (χ1) is 9.99. The second-order valence-corrected chi connectivity index (χ2v) is 6.49. The van der Waals surface area contributed by atoms with E-state index >= 15 is 0 Å². The summed E-state index contributed by atoms with van der Waals surface area (Å²) >= 11 is 0. The summed E-state index contributed by atoms with van der Waals surface area (Å²) in [6.45, 7) is 1.59. The summed E-state index contributed by atoms with van der Waals surface area (Å²) in [5.74, 6) is -0.974. The summed E-state index contributed by atoms with van der Waals surface area (Å²) in [6.07, 6.45) is 5.87. The summed E-state index contributed by atoms with van der Waals surface area (Å²) in [6, 6.07) is 0. The Labute approximate surface area is 125 Å². The van der Waals surface area contributed by atoms with Crippen molar-refractivity contribution in [1.82, 2.24) is 10.2 Å². The van der Waals surface area contributed by atoms with Crippen molar-refractivity contribution in [2.75, 3.05) is 19.6 Å². The number of carbonyl (C=O) groups is 2. The van der Waals surface area contributed by atoms with Gasteiger partial charge < -0.3 is 15.5 Å². The third-order valence-electron chi connectivity index (χ3n) is 4.55. The van der Waals surface area contributed by atoms with Crippen LogP contribution in [0.2, 0.25) is 0 Å². The normalized spacial score (nSPS) is 26.2. The lowest BCUT2D eigenvalue weighted by molar-refractivity contribution is -0.139. The van der Waals surface area contributed by atoms with Crippen LogP contribution in [-0.2, 0) is 9.59 Å². The molecular formula is C15H26N2O4. The van der Waals surface area contributed by atoms with Crippen molar-refractivity contribution < 1.29 is 19.8 Å². The van der Waals surface area contributed by atoms with E-state index in [1.807, 2.05) is 4.90 Å². The molecule has 1 aliphatic heterocycles. The van der Waals surface area contributed by atoms with E-state index in [2.05, 4.69) is 5.32 Å². The quantitative estimate of drug-likeness (QED) is 0.696. The molecule has 1 saturated carbocycles. The highest BCUT2D eigenvalue weighted by molar-refractivity contribution is 5.80. The topological polar surface area (TPSA) is 89.9 Å². The first kappa shape index (κ1) is 16.2. The molecule has 6 heteroatoms. The lowest BCUT2D eigenvalue weighted by atomic mass is 9.79. The maximum atomic E-state index is 12.2. The Bertz CT molecular complexity index is 380. The van der Waals surface area contributed by atoms with Gasteiger partial charge >= 0.3 is 5.97 Å². The molecule has 1 amide bonds. The number of aliphatic carboxylic acids is 1. The number of carboxylic acids is 1. The summed E-state index contributed by atoms with van der Waals surface area (Å²) < 4.78 is 0. The maximum Gasteiger partial charge on any atom is 0.305 e. The lowest BCUT2D eigenvalue weighted by Gasteiger charge is -2.38. The van der Waals surface area contributed by atoms with E-state index in [0.29, 0.717) is 6.54 Å². The molecule has 2 rings (SSSR count). The maximum absolute atomic E-state index is 12.2. The van der Waals surface area contributed by atoms with Crippen molar-refractivity contribution in [3.05, 3.63) is 0 Å². The number of β-amino-alcohol motifs (C(OH)–C–C–N with tert-alkyl or cyclic N) is 1. The molecule has 0 spiro atoms. The van der Waals surface area contributed by atoms with E-state index in [0.717, 1.165) is 51.5 Å². The molecule has 0 aromatic heterocycles. The van der Waals surface area contributed by atoms with Crippen LogP contribution in [0.15, 0.2) is 0 Å². The van der Waals surface area contributed by atoms with Gasteiger partial charge in [0.1, 0.15) is 0 Å². The largest absolute Gasteiger partial charge is 0.481 e. The average Bonchev–Trinajstić information content (AvgIpc) is 2.38. The van der Waals surface area contributed by atoms with Crippen LogP contribution in [0.3, 0.4) is 0 Å². The molecule has 1 atom stereocenters. The van der Waals surface area contributed by atoms with E-state index in [4.69, 9.17) is 5.11 Å². The van der Waals surface area contributed by atoms with E-state index in [9.17, 15) is 14.7 Å². The molecule has 3 N–H and O–H groups in total. The van der Waals surface area contributed by atoms with Crippen molar-refractivity contribution in [3.8, 4) is 0 Å². The van der Waals surface area contributed by atoms with Crippen LogP contribution in [0.4, 0.5) is 0 Å². The van der Waals surface area contributed by atoms with Crippen LogP contribution in [0.1, 0.15) is 51.4 Å². The first-order valence-electron chi connectivity index (χ1n) is 7.92. The van der Waals surface area contributed by atoms with Gasteiger partial charge in [-0.2, -0.15) is 0 Å². The molecule has 1 saturated heterocycles. The zero-order valence-corrected chi connectivity index (χ0v) is 12.5. The highest BCUT2D eigenvalue weighted by Gasteiger charge is 2.36. The van der Waals surface area contributed by atoms with Gasteiger partial charge in [0.25, 0.3) is 0 Å². The van der Waals surface area contributed by atoms with Gasteiger partial charge in [-0.1, -0.05) is 19.3 Å². The molecule has 120 valence electrons. The minimum atomic E-state index is -0.856. The number of hydrogen-bond acceptors (Lipinski definition) is 4. The van der Waals surface area contributed by atoms with Gasteiger partial charge in [0, 0.05) is 6.54 Å². The molecule has 0 aromatic rings. The molecule has 0 bridgehead atoms. The molecule has 0 radical (unpaired) electrons. The van der Waals surface area contributed by atoms with Crippen LogP contribution in [-0.4, -0.2) is 58.3 Å². The predicted octanol–water partition coefficient (Wildman–Crippen LogP) is 0.737. The van der Waals surface area contributed by atoms with Gasteiger partial charge in [0.05, 0.1) is 24.6 Å². The molecule has 0 aromatic carbocycles. The zero-order chi connectivity index (χ0) is 15.3. The molecule has 2 aliphatic rings. The number of nitrogens with one attached hydrogen (secondary N) is 1. The number of aliphatic hydroxyl groups is 1. The van der Waals surface area contributed by atoms with Gasteiger partial charge in [0.2, 0.25) is 5.91 Å². The molecule has 1 heterocycles. The van der Waals surface area contributed by atoms with E-state index < -0.39 is 11.5 Å². The van der Waals surface area contributed by atoms with Gasteiger partial charge in [-0.15, -0.1) is 0 Å². The van der Waals surface area contributed by atoms with Crippen molar-refractivity contribution in [2.45, 2.75) is 63.0 Å². The summed E-state index contributed by atoms with van der Waals surface area (Å²) in [4.78, 5) is 25.3. The van der Waals surface area contributed by atoms with Crippen molar-refractivity contribution in [2.24, 2.45) is 0 Å². The molecular weight excluding hydrogens is 272 g/mol. The molecule has 1 aliphatic carbocycles. The van der Waals surface area contributed by atoms with Gasteiger partial charge in [-0.3, -0.25) is 14.5 Å². The average molecular weight is 298 g/mol. The zero-order valence-electron chi connectivity index (χ0n) is 12.5. The predicted molar refractivity (Wildman–Crippen MR) is 77.9 cm³/mol. The molecule has 21 heavy (non-hydrogen) atoms. The summed E-state index contributed by atoms with van der Waals surface area (Å²) in [5, 5.41) is 21.7. The smallest absolute Gasteiger partial charge is 0.305 e. The van der Waals surface area contributed by atoms with Crippen molar-refractivity contribution >= 4 is 11.9 Å². The second-order valence-electron chi connectivity index (χ2n) is 6.49. The fourth-order valence-corrected chi connectivity index (χ4v) is 3.58. The number of likely N-dealkylation sites (tertiary alicyclic amines) is 1. The number of carboxylic acid groups (broad SMARTS) is 1. The lowest BCUT2D eigenvalue weighted by Crippen LogP contribution is -2.54. The Hall–Kier alpha value is -1.14. The van der Waals surface area contributed by atoms with E-state index in [1.54, 1.807) is 0 Å². The van der Waals surface area contributed by atoms with Crippen molar-refractivity contribution in [3.63, 3.8) is 0 Å². The van der Waals surface area contributed by atoms with Gasteiger partial charge in [0.15, 0.2) is 0 Å². The summed E-state index contributed by atoms with van der Waals surface area (Å²) in [7, 11) is 0. The number of aliphatic hydroxyl groups excluding tert-OH is 1. The van der Waals surface area contributed by atoms with Crippen LogP contribution >= 0.6 is 0 Å². The number of hydrogen-bond donors (Lipinski definition) is 3. The highest BCUT2D eigenvalue weighted by atomic mass is 16.4. The number of amides is 1. The number of piperidine rings is 1. The first-order valence-corrected chi connectivity index (χ1v) is 7.92. The van der Waals surface area contributed by atoms with E-state index in [1.165, 1.54) is 0 Å². The standard InChI is InChI=1S/C15H26N2O4/c18-12-5-4-8-17(10-12)11-13(19)16-15(9-14(20)21)6-2-1-3-7-15/h12,18H,1-11H2,(H,16,19)(H,20,21)/t12-/m0/s1. The Morgan fingerprint density at radius 3 is 2.52 bits per heavy atom. The minimum absolute atomic E-state index is 0.00135. The fraction of sp³-hybridized carbons (Fsp3) is 0.867. The molecule has 0 unspecified atom stereocenters. The van der Waals surface area contributed by atoms with E-state index in [-0.39, 0.29) is 25.0 Å². The Kier molecular flexibility index (Phi) is 5.58. The Morgan fingerprint density at radius 1 is 1.19 bits per heavy atom. The Morgan fingerprint density at radius 2 is 1.90 bits per heavy atom. The SMILES string of the molecule is O=C(O)CC1(NC(=O)CN2CCC[C@H](O)C2)CCCCC1. The highest BCUT2D eigenvalue weighted by Crippen LogP contribution is 2.31. The third kappa shape index (κ3) is 4.97. The van der Waals surface area contributed by atoms with Crippen LogP contribution in [0, 0.1) is 0 Å². The fourth-order valence-electron chi connectivity index (χ4n) is 3.58. The number of rotatable bonds is 5. The Balaban J connectivity index is 1.89.